The normalized spacial score (nSPS) is 12.6. The number of hydrogen-bond donors (Lipinski definition) is 0. The van der Waals surface area contributed by atoms with Gasteiger partial charge in [-0.3, -0.25) is 0 Å². The number of nitrogens with zero attached hydrogens (tertiary/aromatic N) is 1. The number of ether oxygens (including phenoxy) is 2. The average Bonchev–Trinajstić information content (AvgIpc) is 3.40. The molecule has 0 spiro atoms. The molecule has 38 heavy (non-hydrogen) atoms. The molecule has 0 saturated heterocycles. The van der Waals surface area contributed by atoms with Gasteiger partial charge in [0.1, 0.15) is 5.75 Å². The third-order valence-electron chi connectivity index (χ3n) is 6.12. The Labute approximate surface area is 231 Å². The summed E-state index contributed by atoms with van der Waals surface area (Å²) in [6.45, 7) is 3.37. The number of aromatic nitrogens is 1. The standard InChI is InChI=1S/C29H40NO6PS/c1-3-4-5-6-7-8-9-10-11-12-20-34-27-17-14-18-28(29(27)33-2)36-37(31,32)35-26-16-13-15-25(22-26)23-30-19-21-38-24-30/h13-19,21-22,24H,3-12,20,23H2,1-2H3. The molecule has 0 saturated carbocycles. The summed E-state index contributed by atoms with van der Waals surface area (Å²) in [5.41, 5.74) is 2.89. The fourth-order valence-electron chi connectivity index (χ4n) is 4.19. The number of rotatable bonds is 19. The Morgan fingerprint density at radius 1 is 0.895 bits per heavy atom. The van der Waals surface area contributed by atoms with Gasteiger partial charge >= 0.3 is 7.82 Å². The molecule has 3 rings (SSSR count). The second-order valence-electron chi connectivity index (χ2n) is 9.29. The van der Waals surface area contributed by atoms with Crippen LogP contribution in [0, 0.1) is 0 Å². The predicted octanol–water partition coefficient (Wildman–Crippen LogP) is 7.32. The first-order valence-corrected chi connectivity index (χ1v) is 15.9. The SMILES string of the molecule is CCCCCCCCCCCCOc1cccc(OP(=O)([O-])Oc2cccc(C[n+]3ccsc3)c2)c1OC. The van der Waals surface area contributed by atoms with Gasteiger partial charge in [-0.05, 0) is 30.7 Å². The molecule has 0 N–H and O–H groups in total. The van der Waals surface area contributed by atoms with Gasteiger partial charge in [-0.15, -0.1) is 0 Å². The highest BCUT2D eigenvalue weighted by molar-refractivity contribution is 7.46. The third-order valence-corrected chi connectivity index (χ3v) is 7.65. The first kappa shape index (κ1) is 30.0. The first-order chi connectivity index (χ1) is 18.5. The summed E-state index contributed by atoms with van der Waals surface area (Å²) >= 11 is 1.59. The van der Waals surface area contributed by atoms with E-state index in [9.17, 15) is 9.46 Å². The van der Waals surface area contributed by atoms with Gasteiger partial charge in [-0.2, -0.15) is 4.57 Å². The number of phosphoric ester groups is 1. The molecular weight excluding hydrogens is 521 g/mol. The summed E-state index contributed by atoms with van der Waals surface area (Å²) < 4.78 is 36.6. The number of thiazole rings is 1. The van der Waals surface area contributed by atoms with Gasteiger partial charge in [-0.25, -0.2) is 4.57 Å². The fraction of sp³-hybridized carbons (Fsp3) is 0.483. The highest BCUT2D eigenvalue weighted by Gasteiger charge is 2.20. The van der Waals surface area contributed by atoms with Crippen LogP contribution >= 0.6 is 19.2 Å². The van der Waals surface area contributed by atoms with Gasteiger partial charge in [-0.1, -0.05) is 94.2 Å². The summed E-state index contributed by atoms with van der Waals surface area (Å²) in [6, 6.07) is 11.9. The zero-order valence-corrected chi connectivity index (χ0v) is 24.2. The minimum atomic E-state index is -4.73. The highest BCUT2D eigenvalue weighted by atomic mass is 32.1. The van der Waals surface area contributed by atoms with Crippen molar-refractivity contribution in [2.24, 2.45) is 0 Å². The second-order valence-corrected chi connectivity index (χ2v) is 11.3. The lowest BCUT2D eigenvalue weighted by Crippen LogP contribution is -2.30. The van der Waals surface area contributed by atoms with Gasteiger partial charge in [0.25, 0.3) is 0 Å². The van der Waals surface area contributed by atoms with Crippen LogP contribution in [0.3, 0.4) is 0 Å². The Balaban J connectivity index is 1.47. The topological polar surface area (TPSA) is 80.9 Å². The van der Waals surface area contributed by atoms with Gasteiger partial charge in [0, 0.05) is 5.56 Å². The van der Waals surface area contributed by atoms with Gasteiger partial charge in [0.2, 0.25) is 11.3 Å². The van der Waals surface area contributed by atoms with E-state index in [1.807, 2.05) is 27.7 Å². The van der Waals surface area contributed by atoms with Crippen LogP contribution in [0.4, 0.5) is 0 Å². The molecule has 7 nitrogen and oxygen atoms in total. The largest absolute Gasteiger partial charge is 0.736 e. The van der Waals surface area contributed by atoms with Gasteiger partial charge in [0.15, 0.2) is 24.2 Å². The van der Waals surface area contributed by atoms with E-state index >= 15 is 0 Å². The summed E-state index contributed by atoms with van der Waals surface area (Å²) in [7, 11) is -3.28. The lowest BCUT2D eigenvalue weighted by molar-refractivity contribution is -0.683. The van der Waals surface area contributed by atoms with Gasteiger partial charge in [0.05, 0.1) is 19.1 Å². The summed E-state index contributed by atoms with van der Waals surface area (Å²) in [5.74, 6) is 0.873. The Morgan fingerprint density at radius 2 is 1.58 bits per heavy atom. The van der Waals surface area contributed by atoms with Crippen LogP contribution in [0.15, 0.2) is 59.6 Å². The molecule has 3 aromatic rings. The van der Waals surface area contributed by atoms with E-state index in [1.165, 1.54) is 64.5 Å². The number of methoxy groups -OCH3 is 1. The average molecular weight is 562 g/mol. The second kappa shape index (κ2) is 16.4. The molecule has 0 radical (unpaired) electrons. The van der Waals surface area contributed by atoms with Crippen molar-refractivity contribution in [2.75, 3.05) is 13.7 Å². The molecule has 0 bridgehead atoms. The Bertz CT molecular complexity index is 1120. The van der Waals surface area contributed by atoms with Gasteiger partial charge < -0.3 is 23.4 Å². The van der Waals surface area contributed by atoms with Crippen LogP contribution in [-0.2, 0) is 11.1 Å². The Hall–Kier alpha value is -2.54. The molecular formula is C29H40NO6PS. The Morgan fingerprint density at radius 3 is 2.26 bits per heavy atom. The smallest absolute Gasteiger partial charge is 0.372 e. The molecule has 0 amide bonds. The summed E-state index contributed by atoms with van der Waals surface area (Å²) in [4.78, 5) is 12.7. The molecule has 0 aliphatic carbocycles. The molecule has 1 aromatic heterocycles. The van der Waals surface area contributed by atoms with Crippen molar-refractivity contribution < 1.29 is 32.5 Å². The molecule has 9 heteroatoms. The zero-order valence-electron chi connectivity index (χ0n) is 22.5. The van der Waals surface area contributed by atoms with Crippen LogP contribution in [0.5, 0.6) is 23.0 Å². The van der Waals surface area contributed by atoms with Crippen molar-refractivity contribution in [2.45, 2.75) is 77.7 Å². The van der Waals surface area contributed by atoms with E-state index in [1.54, 1.807) is 41.7 Å². The van der Waals surface area contributed by atoms with E-state index in [4.69, 9.17) is 18.5 Å². The van der Waals surface area contributed by atoms with Crippen molar-refractivity contribution in [1.82, 2.24) is 0 Å². The number of phosphoric acid groups is 1. The minimum absolute atomic E-state index is 0.0244. The fourth-order valence-corrected chi connectivity index (χ4v) is 5.58. The molecule has 0 aliphatic heterocycles. The molecule has 2 aromatic carbocycles. The summed E-state index contributed by atoms with van der Waals surface area (Å²) in [5, 5.41) is 1.97. The zero-order chi connectivity index (χ0) is 27.1. The monoisotopic (exact) mass is 561 g/mol. The number of para-hydroxylation sites is 1. The highest BCUT2D eigenvalue weighted by Crippen LogP contribution is 2.46. The first-order valence-electron chi connectivity index (χ1n) is 13.5. The van der Waals surface area contributed by atoms with E-state index in [2.05, 4.69) is 6.92 Å². The van der Waals surface area contributed by atoms with Crippen LogP contribution in [0.25, 0.3) is 0 Å². The molecule has 0 aliphatic rings. The van der Waals surface area contributed by atoms with E-state index in [-0.39, 0.29) is 17.2 Å². The quantitative estimate of drug-likeness (QED) is 0.0867. The van der Waals surface area contributed by atoms with Crippen LogP contribution in [-0.4, -0.2) is 13.7 Å². The minimum Gasteiger partial charge on any atom is -0.736 e. The third kappa shape index (κ3) is 10.7. The van der Waals surface area contributed by atoms with Crippen molar-refractivity contribution in [1.29, 1.82) is 0 Å². The van der Waals surface area contributed by atoms with Crippen LogP contribution in [0.1, 0.15) is 76.7 Å². The predicted molar refractivity (Wildman–Crippen MR) is 149 cm³/mol. The molecule has 1 atom stereocenters. The van der Waals surface area contributed by atoms with E-state index in [0.717, 1.165) is 18.4 Å². The number of benzene rings is 2. The molecule has 0 fully saturated rings. The lowest BCUT2D eigenvalue weighted by Gasteiger charge is -2.25. The number of unbranched alkanes of at least 4 members (excludes halogenated alkanes) is 9. The maximum Gasteiger partial charge on any atom is 0.372 e. The van der Waals surface area contributed by atoms with Crippen LogP contribution < -0.4 is 28.0 Å². The number of hydrogen-bond acceptors (Lipinski definition) is 7. The maximum absolute atomic E-state index is 12.7. The van der Waals surface area contributed by atoms with Crippen molar-refractivity contribution in [3.63, 3.8) is 0 Å². The molecule has 1 unspecified atom stereocenters. The van der Waals surface area contributed by atoms with Crippen molar-refractivity contribution in [3.05, 3.63) is 65.1 Å². The lowest BCUT2D eigenvalue weighted by atomic mass is 10.1. The van der Waals surface area contributed by atoms with Crippen molar-refractivity contribution >= 4 is 19.2 Å². The maximum atomic E-state index is 12.7. The molecule has 208 valence electrons. The Kier molecular flexibility index (Phi) is 13.0. The van der Waals surface area contributed by atoms with Crippen molar-refractivity contribution in [3.8, 4) is 23.0 Å². The summed E-state index contributed by atoms with van der Waals surface area (Å²) in [6.07, 6.45) is 14.4. The molecule has 1 heterocycles. The van der Waals surface area contributed by atoms with E-state index in [0.29, 0.717) is 18.9 Å². The van der Waals surface area contributed by atoms with Crippen LogP contribution in [0.2, 0.25) is 0 Å². The van der Waals surface area contributed by atoms with E-state index < -0.39 is 7.82 Å².